The van der Waals surface area contributed by atoms with Crippen LogP contribution in [0.3, 0.4) is 0 Å². The number of carbonyl (C=O) groups excluding carboxylic acids is 4. The summed E-state index contributed by atoms with van der Waals surface area (Å²) in [6, 6.07) is 0. The Balaban J connectivity index is 1.14. The quantitative estimate of drug-likeness (QED) is 0.0468. The molecule has 0 radical (unpaired) electrons. The molecule has 63 nitrogen and oxygen atoms in total. The summed E-state index contributed by atoms with van der Waals surface area (Å²) in [6.07, 6.45) is -51.1. The van der Waals surface area contributed by atoms with Gasteiger partial charge >= 0.3 is 84.7 Å². The van der Waals surface area contributed by atoms with Crippen molar-refractivity contribution >= 4 is 96.4 Å². The first kappa shape index (κ1) is 127. The van der Waals surface area contributed by atoms with Gasteiger partial charge in [-0.15, -0.1) is 5.10 Å². The molecule has 0 aromatic carbocycles. The molecule has 6 rings (SSSR count). The number of carbonyl (C=O) groups is 4. The molecule has 5 aliphatic heterocycles. The zero-order valence-corrected chi connectivity index (χ0v) is 86.7. The Morgan fingerprint density at radius 1 is 0.336 bits per heavy atom. The molecule has 5 saturated heterocycles. The summed E-state index contributed by atoms with van der Waals surface area (Å²) >= 11 is 0. The number of aryl methyl sites for hydroxylation is 1. The third-order valence-electron chi connectivity index (χ3n) is 20.8. The van der Waals surface area contributed by atoms with Gasteiger partial charge in [0.15, 0.2) is 61.6 Å². The minimum Gasteiger partial charge on any atom is -0.467 e. The molecule has 0 bridgehead atoms. The standard InChI is InChI=1S/C73H128N4O59S7/c1-96-26-23-77-39-44(75-76-77)20-21-49(79)74-22-25-114-28-30-116-31-32-117-35-36-119-40-45(78)19-18-24-113-27-29-115-33-34-118-37-38-120-50-46(41-121-137(82,83)106-11)125-70(62(100-5)53(50)97-2)129-56-54(98-3)63(101-6)72(131-60(56)67(80)103-8)128-52-48(43-123-139(86,87)108-13)126-73(66(136-143(94,95)112-17)59(52)134-141(90,91)110-15)130-57-55(99-4)64(102-7)71(132-61(57)68(81)104-9)127-51-47(42-122-138(84,85)107-12)124-69(105-10)65(135-142(92,93)111-16)58(51)133-140(88,89)109-14/h39,46-48,50-66,69-73H,18-38,40-43H2,1-17H3,(H,74,79)/t46-,47-,48-,50-,51-,52-,53+,54+,55+,56+,57+,58+,59+,60+,61-,62-,63-,64-,65-,66-,69+,70-,71-,72-,73-/m1/s1. The first-order valence-electron chi connectivity index (χ1n) is 42.9. The minimum absolute atomic E-state index is 0.0322. The molecule has 5 aliphatic rings. The van der Waals surface area contributed by atoms with E-state index in [4.69, 9.17) is 157 Å². The van der Waals surface area contributed by atoms with Crippen LogP contribution >= 0.6 is 0 Å². The van der Waals surface area contributed by atoms with Gasteiger partial charge in [0, 0.05) is 95.5 Å². The van der Waals surface area contributed by atoms with Crippen molar-refractivity contribution in [2.75, 3.05) is 253 Å². The molecule has 1 aromatic heterocycles. The molecular formula is C73H128N4O59S7. The number of nitrogens with one attached hydrogen (secondary N) is 1. The third-order valence-corrected chi connectivity index (χ3v) is 26.8. The number of ketones is 1. The fourth-order valence-electron chi connectivity index (χ4n) is 14.0. The van der Waals surface area contributed by atoms with Gasteiger partial charge < -0.3 is 133 Å². The maximum Gasteiger partial charge on any atom is 0.400 e. The van der Waals surface area contributed by atoms with E-state index < -0.39 is 258 Å². The molecule has 0 aliphatic carbocycles. The lowest BCUT2D eigenvalue weighted by Crippen LogP contribution is -2.70. The van der Waals surface area contributed by atoms with E-state index in [0.717, 1.165) is 56.9 Å². The summed E-state index contributed by atoms with van der Waals surface area (Å²) in [5.41, 5.74) is 0.712. The molecule has 1 N–H and O–H groups in total. The number of methoxy groups -OCH3 is 10. The van der Waals surface area contributed by atoms with Crippen LogP contribution in [-0.4, -0.2) is 504 Å². The topological polar surface area (TPSA) is 728 Å². The summed E-state index contributed by atoms with van der Waals surface area (Å²) in [6.45, 7) is -0.0414. The highest BCUT2D eigenvalue weighted by molar-refractivity contribution is 7.83. The second-order valence-corrected chi connectivity index (χ2v) is 39.0. The molecule has 1 amide bonds. The van der Waals surface area contributed by atoms with Gasteiger partial charge in [0.1, 0.15) is 104 Å². The molecule has 0 saturated carbocycles. The summed E-state index contributed by atoms with van der Waals surface area (Å²) < 4.78 is 413. The fraction of sp³-hybridized carbons (Fsp3) is 0.918. The Labute approximate surface area is 827 Å². The maximum absolute atomic E-state index is 14.4. The van der Waals surface area contributed by atoms with Crippen molar-refractivity contribution in [1.82, 2.24) is 20.3 Å². The van der Waals surface area contributed by atoms with Crippen LogP contribution < -0.4 is 5.32 Å². The predicted molar refractivity (Wildman–Crippen MR) is 460 cm³/mol. The zero-order chi connectivity index (χ0) is 106. The van der Waals surface area contributed by atoms with Gasteiger partial charge in [-0.3, -0.25) is 38.9 Å². The number of esters is 2. The van der Waals surface area contributed by atoms with E-state index in [0.29, 0.717) is 114 Å². The number of Topliss-reactive ketones (excluding diaryl/α,β-unsaturated/α-hetero) is 1. The van der Waals surface area contributed by atoms with Crippen LogP contribution in [0, 0.1) is 0 Å². The van der Waals surface area contributed by atoms with Gasteiger partial charge in [0.05, 0.1) is 189 Å². The molecule has 0 unspecified atom stereocenters. The van der Waals surface area contributed by atoms with Crippen molar-refractivity contribution < 1.29 is 265 Å². The number of hydrogen-bond acceptors (Lipinski definition) is 61. The third kappa shape index (κ3) is 41.1. The number of aromatic nitrogens is 3. The van der Waals surface area contributed by atoms with Crippen LogP contribution in [0.2, 0.25) is 0 Å². The lowest BCUT2D eigenvalue weighted by atomic mass is 9.94. The predicted octanol–water partition coefficient (Wildman–Crippen LogP) is -7.10. The highest BCUT2D eigenvalue weighted by Gasteiger charge is 2.63. The largest absolute Gasteiger partial charge is 0.467 e. The average molecular weight is 2230 g/mol. The Morgan fingerprint density at radius 3 is 1.06 bits per heavy atom. The summed E-state index contributed by atoms with van der Waals surface area (Å²) in [7, 11) is -22.3. The summed E-state index contributed by atoms with van der Waals surface area (Å²) in [5.74, 6) is -3.18. The van der Waals surface area contributed by atoms with Gasteiger partial charge in [-0.25, -0.2) is 43.6 Å². The van der Waals surface area contributed by atoms with Crippen LogP contribution in [0.5, 0.6) is 0 Å². The van der Waals surface area contributed by atoms with E-state index in [2.05, 4.69) is 44.9 Å². The van der Waals surface area contributed by atoms with Crippen molar-refractivity contribution in [3.63, 3.8) is 0 Å². The molecule has 1 aromatic rings. The van der Waals surface area contributed by atoms with Crippen LogP contribution in [-0.2, 0) is 291 Å². The molecule has 25 atom stereocenters. The van der Waals surface area contributed by atoms with Gasteiger partial charge in [0.2, 0.25) is 5.91 Å². The molecule has 143 heavy (non-hydrogen) atoms. The first-order chi connectivity index (χ1) is 68.0. The second-order valence-electron chi connectivity index (χ2n) is 29.5. The second kappa shape index (κ2) is 63.6. The Hall–Kier alpha value is -4.69. The minimum atomic E-state index is -5.64. The monoisotopic (exact) mass is 2230 g/mol. The summed E-state index contributed by atoms with van der Waals surface area (Å²) in [5, 5.41) is 10.8. The number of nitrogens with zero attached hydrogens (tertiary/aromatic N) is 3. The molecule has 70 heteroatoms. The van der Waals surface area contributed by atoms with E-state index in [-0.39, 0.29) is 90.6 Å². The smallest absolute Gasteiger partial charge is 0.400 e. The van der Waals surface area contributed by atoms with E-state index in [1.54, 1.807) is 18.0 Å². The van der Waals surface area contributed by atoms with Crippen molar-refractivity contribution in [3.05, 3.63) is 11.9 Å². The Morgan fingerprint density at radius 2 is 0.671 bits per heavy atom. The van der Waals surface area contributed by atoms with E-state index in [1.807, 2.05) is 0 Å². The number of amides is 1. The van der Waals surface area contributed by atoms with Crippen LogP contribution in [0.15, 0.2) is 6.20 Å². The van der Waals surface area contributed by atoms with Crippen molar-refractivity contribution in [2.45, 2.75) is 186 Å². The van der Waals surface area contributed by atoms with E-state index in [9.17, 15) is 78.1 Å². The van der Waals surface area contributed by atoms with Crippen molar-refractivity contribution in [1.29, 1.82) is 0 Å². The molecule has 836 valence electrons. The zero-order valence-electron chi connectivity index (χ0n) is 81.0. The molecule has 5 fully saturated rings. The fourth-order valence-corrected chi connectivity index (χ4v) is 17.5. The lowest BCUT2D eigenvalue weighted by Gasteiger charge is -2.51. The maximum atomic E-state index is 14.4. The first-order valence-corrected chi connectivity index (χ1v) is 52.2. The van der Waals surface area contributed by atoms with Gasteiger partial charge in [0.25, 0.3) is 0 Å². The van der Waals surface area contributed by atoms with Gasteiger partial charge in [-0.1, -0.05) is 5.21 Å². The van der Waals surface area contributed by atoms with Crippen LogP contribution in [0.4, 0.5) is 0 Å². The van der Waals surface area contributed by atoms with Gasteiger partial charge in [-0.05, 0) is 6.42 Å². The van der Waals surface area contributed by atoms with Crippen molar-refractivity contribution in [2.24, 2.45) is 0 Å². The number of ether oxygens (including phenoxy) is 27. The number of hydrogen-bond donors (Lipinski definition) is 1. The SMILES string of the molecule is COCCn1cc(CCC(=O)NCCOCCOCCOCCOCC(=O)CCCOCCOCCOCCO[C@H]2[C@H](OC)[C@@H](OC)[C@@H](O[C@H]3[C@H](OC)[C@@H](OC)[C@H](O[C@H]4[C@H](OS(=O)(=O)OC)[C@@H](OS(=O)(=O)OC)[C@@H](O[C@H]5[C@H](OC)[C@@H](OC)[C@H](O[C@H]6[C@H](OS(=O)(=O)OC)[C@@H](OS(=O)(=O)OC)[C@@H](OC)O[C@@H]6COS(=O)(=O)OC)O[C@H]5C(=O)OC)O[C@@H]4COS(=O)(=O)OC)O[C@@H]3C(=O)OC)O[C@@H]2COS(=O)(=O)OC)nn1. The van der Waals surface area contributed by atoms with Gasteiger partial charge in [-0.2, -0.15) is 58.9 Å². The normalized spacial score (nSPS) is 28.7. The molecule has 0 spiro atoms. The van der Waals surface area contributed by atoms with Crippen LogP contribution in [0.25, 0.3) is 0 Å². The average Bonchev–Trinajstić information content (AvgIpc) is 1.72. The Bertz CT molecular complexity index is 4730. The van der Waals surface area contributed by atoms with Crippen molar-refractivity contribution in [3.8, 4) is 0 Å². The highest BCUT2D eigenvalue weighted by atomic mass is 32.3. The molecular weight excluding hydrogens is 2100 g/mol. The van der Waals surface area contributed by atoms with Crippen LogP contribution in [0.1, 0.15) is 25.0 Å². The van der Waals surface area contributed by atoms with E-state index in [1.165, 1.54) is 14.2 Å². The lowest BCUT2D eigenvalue weighted by molar-refractivity contribution is -0.388. The Kier molecular flexibility index (Phi) is 56.5. The van der Waals surface area contributed by atoms with E-state index >= 15 is 0 Å². The number of rotatable bonds is 75. The highest BCUT2D eigenvalue weighted by Crippen LogP contribution is 2.43. The summed E-state index contributed by atoms with van der Waals surface area (Å²) in [4.78, 5) is 53.4. The molecule has 6 heterocycles.